The van der Waals surface area contributed by atoms with Crippen LogP contribution >= 0.6 is 24.8 Å². The van der Waals surface area contributed by atoms with Crippen LogP contribution in [0.1, 0.15) is 0 Å². The van der Waals surface area contributed by atoms with E-state index in [4.69, 9.17) is 9.11 Å². The van der Waals surface area contributed by atoms with Crippen LogP contribution in [0.15, 0.2) is 0 Å². The minimum Gasteiger partial charge on any atom is -0.286 e. The van der Waals surface area contributed by atoms with Crippen LogP contribution in [0.25, 0.3) is 0 Å². The van der Waals surface area contributed by atoms with Crippen molar-refractivity contribution in [3.05, 3.63) is 0 Å². The van der Waals surface area contributed by atoms with Crippen molar-refractivity contribution in [3.63, 3.8) is 0 Å². The van der Waals surface area contributed by atoms with Crippen LogP contribution in [0.5, 0.6) is 0 Å². The highest BCUT2D eigenvalue weighted by molar-refractivity contribution is 7.85. The zero-order chi connectivity index (χ0) is 9.00. The monoisotopic (exact) mass is 264 g/mol. The Labute approximate surface area is 83.7 Å². The molecule has 0 aliphatic heterocycles. The van der Waals surface area contributed by atoms with Gasteiger partial charge in [0.25, 0.3) is 20.2 Å². The minimum absolute atomic E-state index is 0. The summed E-state index contributed by atoms with van der Waals surface area (Å²) in [5.41, 5.74) is 0. The number of halogens is 2. The zero-order valence-corrected chi connectivity index (χ0v) is 9.43. The van der Waals surface area contributed by atoms with Gasteiger partial charge in [-0.3, -0.25) is 9.11 Å². The van der Waals surface area contributed by atoms with Crippen molar-refractivity contribution in [2.75, 3.05) is 12.5 Å². The van der Waals surface area contributed by atoms with Gasteiger partial charge in [0.1, 0.15) is 0 Å². The summed E-state index contributed by atoms with van der Waals surface area (Å²) in [6.45, 7) is 0. The highest BCUT2D eigenvalue weighted by atomic mass is 35.5. The standard InChI is InChI=1S/2CH4O3S.2ClH/c2*1-5(2,3)4;;/h2*1H3,(H,2,3,4);2*1H. The SMILES string of the molecule is CS(=O)(=O)O.CS(=O)(=O)O.Cl.Cl. The molecule has 2 N–H and O–H groups in total. The molecular formula is C2H10Cl2O6S2. The first-order valence-corrected chi connectivity index (χ1v) is 5.54. The van der Waals surface area contributed by atoms with Gasteiger partial charge in [-0.05, 0) is 0 Å². The highest BCUT2D eigenvalue weighted by Gasteiger charge is 1.81. The van der Waals surface area contributed by atoms with Crippen molar-refractivity contribution >= 4 is 45.1 Å². The first-order chi connectivity index (χ1) is 4.00. The predicted octanol–water partition coefficient (Wildman–Crippen LogP) is -0.148. The average Bonchev–Trinajstić information content (AvgIpc) is 1.12. The average molecular weight is 265 g/mol. The Balaban J connectivity index is -0.0000000457. The lowest BCUT2D eigenvalue weighted by Gasteiger charge is -1.69. The predicted molar refractivity (Wildman–Crippen MR) is 49.4 cm³/mol. The Bertz CT molecular complexity index is 218. The second kappa shape index (κ2) is 8.02. The van der Waals surface area contributed by atoms with Gasteiger partial charge >= 0.3 is 0 Å². The van der Waals surface area contributed by atoms with Crippen molar-refractivity contribution in [2.45, 2.75) is 0 Å². The quantitative estimate of drug-likeness (QED) is 0.589. The highest BCUT2D eigenvalue weighted by Crippen LogP contribution is 1.60. The number of rotatable bonds is 0. The van der Waals surface area contributed by atoms with E-state index in [0.29, 0.717) is 12.5 Å². The Kier molecular flexibility index (Phi) is 15.3. The van der Waals surface area contributed by atoms with Crippen LogP contribution in [0.2, 0.25) is 0 Å². The van der Waals surface area contributed by atoms with E-state index in [2.05, 4.69) is 0 Å². The zero-order valence-electron chi connectivity index (χ0n) is 6.16. The summed E-state index contributed by atoms with van der Waals surface area (Å²) < 4.78 is 51.7. The van der Waals surface area contributed by atoms with E-state index in [1.54, 1.807) is 0 Å². The maximum atomic E-state index is 9.19. The van der Waals surface area contributed by atoms with Gasteiger partial charge in [0.15, 0.2) is 0 Å². The summed E-state index contributed by atoms with van der Waals surface area (Å²) in [7, 11) is -7.33. The fourth-order valence-corrected chi connectivity index (χ4v) is 0. The molecule has 0 bridgehead atoms. The second-order valence-electron chi connectivity index (χ2n) is 1.47. The molecule has 0 atom stereocenters. The second-order valence-corrected chi connectivity index (χ2v) is 4.40. The topological polar surface area (TPSA) is 109 Å². The first-order valence-electron chi connectivity index (χ1n) is 1.85. The van der Waals surface area contributed by atoms with Crippen molar-refractivity contribution in [3.8, 4) is 0 Å². The van der Waals surface area contributed by atoms with Crippen molar-refractivity contribution in [1.29, 1.82) is 0 Å². The Morgan fingerprint density at radius 1 is 0.750 bits per heavy atom. The Morgan fingerprint density at radius 2 is 0.750 bits per heavy atom. The van der Waals surface area contributed by atoms with E-state index in [-0.39, 0.29) is 24.8 Å². The third-order valence-electron chi connectivity index (χ3n) is 0. The molecule has 0 rings (SSSR count). The van der Waals surface area contributed by atoms with Gasteiger partial charge in [-0.25, -0.2) is 0 Å². The van der Waals surface area contributed by atoms with Crippen molar-refractivity contribution in [2.24, 2.45) is 0 Å². The molecule has 10 heteroatoms. The van der Waals surface area contributed by atoms with Gasteiger partial charge in [-0.2, -0.15) is 16.8 Å². The van der Waals surface area contributed by atoms with Gasteiger partial charge in [0, 0.05) is 0 Å². The van der Waals surface area contributed by atoms with Gasteiger partial charge < -0.3 is 0 Å². The van der Waals surface area contributed by atoms with Crippen molar-refractivity contribution < 1.29 is 25.9 Å². The molecule has 0 amide bonds. The van der Waals surface area contributed by atoms with Crippen LogP contribution in [-0.2, 0) is 20.2 Å². The summed E-state index contributed by atoms with van der Waals surface area (Å²) in [4.78, 5) is 0. The van der Waals surface area contributed by atoms with Gasteiger partial charge in [-0.1, -0.05) is 0 Å². The van der Waals surface area contributed by atoms with E-state index < -0.39 is 20.2 Å². The Hall–Kier alpha value is 0.400. The van der Waals surface area contributed by atoms with E-state index in [0.717, 1.165) is 0 Å². The number of hydrogen-bond donors (Lipinski definition) is 2. The largest absolute Gasteiger partial charge is 0.286 e. The van der Waals surface area contributed by atoms with E-state index in [1.165, 1.54) is 0 Å². The van der Waals surface area contributed by atoms with Crippen LogP contribution in [0, 0.1) is 0 Å². The molecule has 0 aromatic heterocycles. The molecule has 0 aliphatic carbocycles. The molecular weight excluding hydrogens is 255 g/mol. The molecule has 0 aromatic carbocycles. The third-order valence-corrected chi connectivity index (χ3v) is 0. The van der Waals surface area contributed by atoms with Crippen LogP contribution in [0.4, 0.5) is 0 Å². The molecule has 0 heterocycles. The Morgan fingerprint density at radius 3 is 0.750 bits per heavy atom. The van der Waals surface area contributed by atoms with Crippen LogP contribution < -0.4 is 0 Å². The molecule has 0 fully saturated rings. The smallest absolute Gasteiger partial charge is 0.261 e. The third kappa shape index (κ3) is 5740. The summed E-state index contributed by atoms with van der Waals surface area (Å²) in [6, 6.07) is 0. The minimum atomic E-state index is -3.67. The molecule has 6 nitrogen and oxygen atoms in total. The normalized spacial score (nSPS) is 9.67. The maximum Gasteiger partial charge on any atom is 0.261 e. The summed E-state index contributed by atoms with van der Waals surface area (Å²) >= 11 is 0. The molecule has 0 aromatic rings. The lowest BCUT2D eigenvalue weighted by molar-refractivity contribution is 0.488. The van der Waals surface area contributed by atoms with Gasteiger partial charge in [0.2, 0.25) is 0 Å². The molecule has 0 aliphatic rings. The summed E-state index contributed by atoms with van der Waals surface area (Å²) in [5.74, 6) is 0. The fourth-order valence-electron chi connectivity index (χ4n) is 0. The molecule has 0 saturated carbocycles. The van der Waals surface area contributed by atoms with Crippen LogP contribution in [-0.4, -0.2) is 38.5 Å². The van der Waals surface area contributed by atoms with E-state index >= 15 is 0 Å². The lowest BCUT2D eigenvalue weighted by Crippen LogP contribution is -1.88. The molecule has 0 saturated heterocycles. The molecule has 0 radical (unpaired) electrons. The van der Waals surface area contributed by atoms with E-state index in [1.807, 2.05) is 0 Å². The fraction of sp³-hybridized carbons (Fsp3) is 1.00. The van der Waals surface area contributed by atoms with Gasteiger partial charge in [0.05, 0.1) is 12.5 Å². The van der Waals surface area contributed by atoms with Crippen molar-refractivity contribution in [1.82, 2.24) is 0 Å². The first kappa shape index (κ1) is 22.8. The summed E-state index contributed by atoms with van der Waals surface area (Å²) in [6.07, 6.45) is 1.43. The molecule has 12 heavy (non-hydrogen) atoms. The maximum absolute atomic E-state index is 9.19. The molecule has 80 valence electrons. The number of hydrogen-bond acceptors (Lipinski definition) is 4. The lowest BCUT2D eigenvalue weighted by atomic mass is 12.0. The molecule has 0 unspecified atom stereocenters. The summed E-state index contributed by atoms with van der Waals surface area (Å²) in [5, 5.41) is 0. The van der Waals surface area contributed by atoms with Gasteiger partial charge in [-0.15, -0.1) is 24.8 Å². The van der Waals surface area contributed by atoms with E-state index in [9.17, 15) is 16.8 Å². The van der Waals surface area contributed by atoms with Crippen LogP contribution in [0.3, 0.4) is 0 Å². The molecule has 0 spiro atoms.